The van der Waals surface area contributed by atoms with Crippen molar-refractivity contribution in [2.75, 3.05) is 5.32 Å². The molecular formula is C29H32N2O3S. The number of carboxylic acid groups (broad SMARTS) is 1. The molecule has 1 aromatic heterocycles. The zero-order valence-electron chi connectivity index (χ0n) is 20.3. The summed E-state index contributed by atoms with van der Waals surface area (Å²) in [6, 6.07) is 6.87. The van der Waals surface area contributed by atoms with E-state index in [4.69, 9.17) is 11.4 Å². The van der Waals surface area contributed by atoms with Crippen molar-refractivity contribution >= 4 is 33.7 Å². The second-order valence-electron chi connectivity index (χ2n) is 11.5. The van der Waals surface area contributed by atoms with Crippen LogP contribution in [-0.4, -0.2) is 26.8 Å². The van der Waals surface area contributed by atoms with Gasteiger partial charge in [0.2, 0.25) is 0 Å². The van der Waals surface area contributed by atoms with Crippen molar-refractivity contribution in [3.05, 3.63) is 46.5 Å². The molecule has 0 amide bonds. The van der Waals surface area contributed by atoms with Gasteiger partial charge in [0, 0.05) is 11.1 Å². The molecule has 0 saturated heterocycles. The quantitative estimate of drug-likeness (QED) is 0.453. The predicted octanol–water partition coefficient (Wildman–Crippen LogP) is 6.13. The SMILES string of the molecule is C#C[C@]1(O)CC[C@H]2[C@@H]3CC=C4c5sc(Nc6cccc(C(=O)O)c6)nc5CC[C@]4(C)[C@H]3CC[C@@]21C. The highest BCUT2D eigenvalue weighted by atomic mass is 32.1. The van der Waals surface area contributed by atoms with E-state index in [2.05, 4.69) is 31.2 Å². The molecule has 0 aliphatic heterocycles. The van der Waals surface area contributed by atoms with Crippen LogP contribution in [0.3, 0.4) is 0 Å². The molecule has 5 nitrogen and oxygen atoms in total. The van der Waals surface area contributed by atoms with Gasteiger partial charge in [-0.1, -0.05) is 43.2 Å². The number of fused-ring (bicyclic) bond motifs is 7. The molecule has 0 bridgehead atoms. The highest BCUT2D eigenvalue weighted by Gasteiger charge is 2.63. The van der Waals surface area contributed by atoms with Crippen molar-refractivity contribution in [1.29, 1.82) is 0 Å². The minimum Gasteiger partial charge on any atom is -0.478 e. The lowest BCUT2D eigenvalue weighted by atomic mass is 9.47. The highest BCUT2D eigenvalue weighted by molar-refractivity contribution is 7.16. The fourth-order valence-corrected chi connectivity index (χ4v) is 9.25. The Morgan fingerprint density at radius 2 is 2.03 bits per heavy atom. The lowest BCUT2D eigenvalue weighted by molar-refractivity contribution is -0.0886. The summed E-state index contributed by atoms with van der Waals surface area (Å²) in [5.74, 6) is 3.48. The first-order valence-electron chi connectivity index (χ1n) is 12.7. The predicted molar refractivity (Wildman–Crippen MR) is 139 cm³/mol. The van der Waals surface area contributed by atoms with Gasteiger partial charge in [-0.25, -0.2) is 9.78 Å². The Hall–Kier alpha value is -2.62. The fourth-order valence-electron chi connectivity index (χ4n) is 8.04. The number of hydrogen-bond acceptors (Lipinski definition) is 5. The molecule has 0 spiro atoms. The minimum atomic E-state index is -0.969. The van der Waals surface area contributed by atoms with Gasteiger partial charge in [0.1, 0.15) is 5.60 Å². The molecule has 4 aliphatic rings. The van der Waals surface area contributed by atoms with Crippen molar-refractivity contribution in [3.8, 4) is 12.3 Å². The van der Waals surface area contributed by atoms with Crippen LogP contribution < -0.4 is 5.32 Å². The lowest BCUT2D eigenvalue weighted by Gasteiger charge is -2.57. The maximum Gasteiger partial charge on any atom is 0.335 e. The van der Waals surface area contributed by atoms with E-state index in [9.17, 15) is 15.0 Å². The third-order valence-corrected chi connectivity index (χ3v) is 11.1. The van der Waals surface area contributed by atoms with Crippen LogP contribution in [0.25, 0.3) is 5.57 Å². The number of nitrogens with zero attached hydrogens (tertiary/aromatic N) is 1. The fraction of sp³-hybridized carbons (Fsp3) is 0.517. The summed E-state index contributed by atoms with van der Waals surface area (Å²) in [7, 11) is 0. The van der Waals surface area contributed by atoms with Gasteiger partial charge in [-0.15, -0.1) is 6.42 Å². The summed E-state index contributed by atoms with van der Waals surface area (Å²) in [6.45, 7) is 4.69. The van der Waals surface area contributed by atoms with Crippen molar-refractivity contribution in [2.45, 2.75) is 64.4 Å². The number of terminal acetylenes is 1. The number of carbonyl (C=O) groups is 1. The summed E-state index contributed by atoms with van der Waals surface area (Å²) in [5.41, 5.74) is 2.56. The number of aryl methyl sites for hydroxylation is 1. The van der Waals surface area contributed by atoms with Crippen molar-refractivity contribution in [3.63, 3.8) is 0 Å². The maximum absolute atomic E-state index is 11.3. The monoisotopic (exact) mass is 488 g/mol. The van der Waals surface area contributed by atoms with E-state index >= 15 is 0 Å². The van der Waals surface area contributed by atoms with Crippen LogP contribution >= 0.6 is 11.3 Å². The molecule has 2 aromatic rings. The molecule has 2 saturated carbocycles. The van der Waals surface area contributed by atoms with Crippen LogP contribution in [0.2, 0.25) is 0 Å². The highest BCUT2D eigenvalue weighted by Crippen LogP contribution is 2.68. The van der Waals surface area contributed by atoms with Gasteiger partial charge >= 0.3 is 5.97 Å². The molecule has 1 heterocycles. The summed E-state index contributed by atoms with van der Waals surface area (Å²) < 4.78 is 0. The number of thiazole rings is 1. The smallest absolute Gasteiger partial charge is 0.335 e. The summed E-state index contributed by atoms with van der Waals surface area (Å²) >= 11 is 1.69. The number of aromatic carboxylic acids is 1. The summed E-state index contributed by atoms with van der Waals surface area (Å²) in [5, 5.41) is 24.7. The van der Waals surface area contributed by atoms with Gasteiger partial charge in [-0.3, -0.25) is 0 Å². The van der Waals surface area contributed by atoms with Gasteiger partial charge in [-0.2, -0.15) is 0 Å². The number of allylic oxidation sites excluding steroid dienone is 2. The molecule has 35 heavy (non-hydrogen) atoms. The van der Waals surface area contributed by atoms with Crippen molar-refractivity contribution in [1.82, 2.24) is 4.98 Å². The van der Waals surface area contributed by atoms with Crippen LogP contribution in [0.15, 0.2) is 30.3 Å². The Morgan fingerprint density at radius 1 is 1.23 bits per heavy atom. The molecule has 4 aliphatic carbocycles. The van der Waals surface area contributed by atoms with Crippen molar-refractivity contribution in [2.24, 2.45) is 28.6 Å². The Labute approximate surface area is 210 Å². The Bertz CT molecular complexity index is 1290. The molecule has 1 aromatic carbocycles. The first kappa shape index (κ1) is 22.8. The standard InChI is InChI=1S/C29H32N2O3S/c1-4-29(34)15-11-21-19-8-9-22-24-23(12-13-27(22,2)20(19)10-14-28(21,29)3)31-26(35-24)30-18-7-5-6-17(16-18)25(32)33/h1,5-7,9,16,19-21,34H,8,10-15H2,2-3H3,(H,30,31)(H,32,33)/t19-,20+,21+,27-,28+,29+/m1/s1. The summed E-state index contributed by atoms with van der Waals surface area (Å²) in [4.78, 5) is 17.5. The largest absolute Gasteiger partial charge is 0.478 e. The third-order valence-electron chi connectivity index (χ3n) is 10.0. The second kappa shape index (κ2) is 7.69. The first-order valence-corrected chi connectivity index (χ1v) is 13.5. The normalized spacial score (nSPS) is 37.2. The molecule has 0 unspecified atom stereocenters. The molecule has 0 radical (unpaired) electrons. The summed E-state index contributed by atoms with van der Waals surface area (Å²) in [6.07, 6.45) is 15.2. The van der Waals surface area contributed by atoms with Gasteiger partial charge in [0.05, 0.1) is 16.1 Å². The van der Waals surface area contributed by atoms with Gasteiger partial charge in [0.15, 0.2) is 5.13 Å². The van der Waals surface area contributed by atoms with Crippen LogP contribution in [0.4, 0.5) is 10.8 Å². The molecule has 6 rings (SSSR count). The van der Waals surface area contributed by atoms with E-state index < -0.39 is 11.6 Å². The maximum atomic E-state index is 11.3. The van der Waals surface area contributed by atoms with E-state index in [1.54, 1.807) is 29.5 Å². The second-order valence-corrected chi connectivity index (χ2v) is 12.5. The Morgan fingerprint density at radius 3 is 2.80 bits per heavy atom. The Balaban J connectivity index is 1.31. The molecule has 182 valence electrons. The number of benzene rings is 1. The zero-order valence-corrected chi connectivity index (χ0v) is 21.1. The molecule has 3 N–H and O–H groups in total. The van der Waals surface area contributed by atoms with Crippen LogP contribution in [-0.2, 0) is 6.42 Å². The minimum absolute atomic E-state index is 0.112. The molecule has 6 atom stereocenters. The van der Waals surface area contributed by atoms with Gasteiger partial charge < -0.3 is 15.5 Å². The van der Waals surface area contributed by atoms with E-state index in [-0.39, 0.29) is 16.4 Å². The number of carboxylic acids is 1. The molecule has 2 fully saturated rings. The Kier molecular flexibility index (Phi) is 5.01. The number of aromatic nitrogens is 1. The average Bonchev–Trinajstić information content (AvgIpc) is 3.37. The molecular weight excluding hydrogens is 456 g/mol. The van der Waals surface area contributed by atoms with Crippen LogP contribution in [0.5, 0.6) is 0 Å². The number of rotatable bonds is 3. The number of anilines is 2. The van der Waals surface area contributed by atoms with E-state index in [0.717, 1.165) is 61.5 Å². The van der Waals surface area contributed by atoms with Gasteiger partial charge in [-0.05, 0) is 91.9 Å². The first-order chi connectivity index (χ1) is 16.7. The van der Waals surface area contributed by atoms with Crippen LogP contribution in [0.1, 0.15) is 73.3 Å². The zero-order chi connectivity index (χ0) is 24.6. The average molecular weight is 489 g/mol. The topological polar surface area (TPSA) is 82.5 Å². The van der Waals surface area contributed by atoms with E-state index in [1.807, 2.05) is 6.07 Å². The van der Waals surface area contributed by atoms with Crippen LogP contribution in [0, 0.1) is 40.9 Å². The number of aliphatic hydroxyl groups is 1. The van der Waals surface area contributed by atoms with Gasteiger partial charge in [0.25, 0.3) is 0 Å². The molecule has 6 heteroatoms. The van der Waals surface area contributed by atoms with E-state index in [1.165, 1.54) is 10.5 Å². The number of nitrogens with one attached hydrogen (secondary N) is 1. The van der Waals surface area contributed by atoms with E-state index in [0.29, 0.717) is 17.8 Å². The number of hydrogen-bond donors (Lipinski definition) is 3. The van der Waals surface area contributed by atoms with Crippen molar-refractivity contribution < 1.29 is 15.0 Å². The third kappa shape index (κ3) is 3.17. The lowest BCUT2D eigenvalue weighted by Crippen LogP contribution is -2.53.